The molecule has 0 aromatic heterocycles. The number of nitro groups is 1. The minimum absolute atomic E-state index is 0.0150. The predicted octanol–water partition coefficient (Wildman–Crippen LogP) is 1.24. The molecule has 0 aliphatic carbocycles. The summed E-state index contributed by atoms with van der Waals surface area (Å²) in [4.78, 5) is 12.9. The summed E-state index contributed by atoms with van der Waals surface area (Å²) in [7, 11) is 0. The van der Waals surface area contributed by atoms with Gasteiger partial charge in [0.05, 0.1) is 17.1 Å². The predicted molar refractivity (Wildman–Crippen MR) is 74.1 cm³/mol. The number of nitrogens with two attached hydrogens (primary N) is 1. The van der Waals surface area contributed by atoms with E-state index in [4.69, 9.17) is 10.6 Å². The Morgan fingerprint density at radius 2 is 2.10 bits per heavy atom. The molecule has 20 heavy (non-hydrogen) atoms. The molecule has 2 heterocycles. The van der Waals surface area contributed by atoms with Crippen molar-refractivity contribution in [1.29, 1.82) is 0 Å². The third-order valence-corrected chi connectivity index (χ3v) is 3.98. The van der Waals surface area contributed by atoms with Crippen LogP contribution in [0.25, 0.3) is 0 Å². The Kier molecular flexibility index (Phi) is 3.56. The Labute approximate surface area is 116 Å². The number of morpholine rings is 1. The smallest absolute Gasteiger partial charge is 0.293 e. The van der Waals surface area contributed by atoms with E-state index < -0.39 is 4.92 Å². The van der Waals surface area contributed by atoms with Crippen molar-refractivity contribution in [3.8, 4) is 0 Å². The van der Waals surface area contributed by atoms with Crippen molar-refractivity contribution in [2.45, 2.75) is 31.6 Å². The molecule has 2 bridgehead atoms. The third kappa shape index (κ3) is 2.47. The van der Waals surface area contributed by atoms with Crippen molar-refractivity contribution in [1.82, 2.24) is 4.90 Å². The SMILES string of the molecule is NNc1c(CN2CC3CCC(C2)O3)cccc1[N+](=O)[O-]. The monoisotopic (exact) mass is 278 g/mol. The second kappa shape index (κ2) is 5.35. The summed E-state index contributed by atoms with van der Waals surface area (Å²) in [6, 6.07) is 5.03. The number of benzene rings is 1. The van der Waals surface area contributed by atoms with Gasteiger partial charge in [0.15, 0.2) is 0 Å². The standard InChI is InChI=1S/C13H18N4O3/c14-15-13-9(2-1-3-12(13)17(18)19)6-16-7-10-4-5-11(8-16)20-10/h1-3,10-11,15H,4-8,14H2. The molecule has 2 aliphatic rings. The lowest BCUT2D eigenvalue weighted by Crippen LogP contribution is -2.42. The Hall–Kier alpha value is -1.70. The van der Waals surface area contributed by atoms with Crippen molar-refractivity contribution in [3.05, 3.63) is 33.9 Å². The number of fused-ring (bicyclic) bond motifs is 2. The average molecular weight is 278 g/mol. The Morgan fingerprint density at radius 1 is 1.40 bits per heavy atom. The molecule has 3 rings (SSSR count). The summed E-state index contributed by atoms with van der Waals surface area (Å²) in [5, 5.41) is 11.0. The maximum atomic E-state index is 11.0. The molecule has 0 spiro atoms. The van der Waals surface area contributed by atoms with Gasteiger partial charge in [-0.3, -0.25) is 20.9 Å². The fourth-order valence-electron chi connectivity index (χ4n) is 3.11. The maximum Gasteiger partial charge on any atom is 0.293 e. The zero-order valence-electron chi connectivity index (χ0n) is 11.1. The fraction of sp³-hybridized carbons (Fsp3) is 0.538. The Morgan fingerprint density at radius 3 is 2.70 bits per heavy atom. The van der Waals surface area contributed by atoms with Gasteiger partial charge >= 0.3 is 0 Å². The molecule has 0 amide bonds. The molecule has 0 saturated carbocycles. The highest BCUT2D eigenvalue weighted by molar-refractivity contribution is 5.65. The van der Waals surface area contributed by atoms with Gasteiger partial charge in [-0.25, -0.2) is 0 Å². The number of hydrogen-bond donors (Lipinski definition) is 2. The first-order chi connectivity index (χ1) is 9.67. The summed E-state index contributed by atoms with van der Waals surface area (Å²) in [6.07, 6.45) is 2.83. The summed E-state index contributed by atoms with van der Waals surface area (Å²) in [5.41, 5.74) is 3.74. The summed E-state index contributed by atoms with van der Waals surface area (Å²) in [6.45, 7) is 2.41. The number of para-hydroxylation sites is 1. The number of hydrazine groups is 1. The van der Waals surface area contributed by atoms with Crippen molar-refractivity contribution < 1.29 is 9.66 Å². The molecule has 7 heteroatoms. The minimum Gasteiger partial charge on any atom is -0.372 e. The zero-order chi connectivity index (χ0) is 14.1. The molecular formula is C13H18N4O3. The van der Waals surface area contributed by atoms with Crippen LogP contribution in [0.15, 0.2) is 18.2 Å². The van der Waals surface area contributed by atoms with Crippen LogP contribution in [0, 0.1) is 10.1 Å². The van der Waals surface area contributed by atoms with Gasteiger partial charge in [0.2, 0.25) is 0 Å². The lowest BCUT2D eigenvalue weighted by Gasteiger charge is -2.32. The van der Waals surface area contributed by atoms with Gasteiger partial charge in [-0.2, -0.15) is 0 Å². The molecule has 3 N–H and O–H groups in total. The number of nitrogens with one attached hydrogen (secondary N) is 1. The van der Waals surface area contributed by atoms with Crippen LogP contribution in [-0.4, -0.2) is 35.1 Å². The number of hydrogen-bond acceptors (Lipinski definition) is 6. The van der Waals surface area contributed by atoms with Crippen LogP contribution in [0.1, 0.15) is 18.4 Å². The summed E-state index contributed by atoms with van der Waals surface area (Å²) >= 11 is 0. The van der Waals surface area contributed by atoms with Gasteiger partial charge in [0, 0.05) is 25.7 Å². The van der Waals surface area contributed by atoms with Crippen LogP contribution >= 0.6 is 0 Å². The minimum atomic E-state index is -0.415. The lowest BCUT2D eigenvalue weighted by molar-refractivity contribution is -0.384. The van der Waals surface area contributed by atoms with E-state index in [0.29, 0.717) is 24.4 Å². The van der Waals surface area contributed by atoms with Crippen LogP contribution in [0.2, 0.25) is 0 Å². The average Bonchev–Trinajstić information content (AvgIpc) is 2.77. The molecular weight excluding hydrogens is 260 g/mol. The summed E-state index contributed by atoms with van der Waals surface area (Å²) < 4.78 is 5.79. The molecule has 2 fully saturated rings. The number of nitrogens with zero attached hydrogens (tertiary/aromatic N) is 2. The van der Waals surface area contributed by atoms with Crippen molar-refractivity contribution >= 4 is 11.4 Å². The molecule has 108 valence electrons. The summed E-state index contributed by atoms with van der Waals surface area (Å²) in [5.74, 6) is 5.46. The molecule has 2 atom stereocenters. The van der Waals surface area contributed by atoms with Gasteiger partial charge < -0.3 is 10.2 Å². The number of likely N-dealkylation sites (tertiary alicyclic amines) is 1. The molecule has 7 nitrogen and oxygen atoms in total. The lowest BCUT2D eigenvalue weighted by atomic mass is 10.1. The van der Waals surface area contributed by atoms with Crippen LogP contribution in [0.4, 0.5) is 11.4 Å². The van der Waals surface area contributed by atoms with Crippen LogP contribution < -0.4 is 11.3 Å². The second-order valence-electron chi connectivity index (χ2n) is 5.36. The zero-order valence-corrected chi connectivity index (χ0v) is 11.1. The van der Waals surface area contributed by atoms with Gasteiger partial charge in [0.1, 0.15) is 5.69 Å². The van der Waals surface area contributed by atoms with Crippen LogP contribution in [0.5, 0.6) is 0 Å². The highest BCUT2D eigenvalue weighted by Gasteiger charge is 2.34. The van der Waals surface area contributed by atoms with Crippen molar-refractivity contribution in [2.24, 2.45) is 5.84 Å². The molecule has 1 aromatic carbocycles. The first kappa shape index (κ1) is 13.3. The Balaban J connectivity index is 1.80. The highest BCUT2D eigenvalue weighted by atomic mass is 16.6. The largest absolute Gasteiger partial charge is 0.372 e. The van der Waals surface area contributed by atoms with Crippen LogP contribution in [0.3, 0.4) is 0 Å². The first-order valence-electron chi connectivity index (χ1n) is 6.78. The van der Waals surface area contributed by atoms with Crippen molar-refractivity contribution in [3.63, 3.8) is 0 Å². The van der Waals surface area contributed by atoms with E-state index >= 15 is 0 Å². The number of anilines is 1. The number of nitro benzene ring substituents is 1. The van der Waals surface area contributed by atoms with E-state index in [1.54, 1.807) is 6.07 Å². The normalized spacial score (nSPS) is 25.6. The van der Waals surface area contributed by atoms with Crippen LogP contribution in [-0.2, 0) is 11.3 Å². The molecule has 0 radical (unpaired) electrons. The maximum absolute atomic E-state index is 11.0. The van der Waals surface area contributed by atoms with Gasteiger partial charge in [-0.15, -0.1) is 0 Å². The quantitative estimate of drug-likeness (QED) is 0.489. The number of nitrogen functional groups attached to an aromatic ring is 1. The highest BCUT2D eigenvalue weighted by Crippen LogP contribution is 2.31. The van der Waals surface area contributed by atoms with E-state index in [9.17, 15) is 10.1 Å². The van der Waals surface area contributed by atoms with Gasteiger partial charge in [-0.1, -0.05) is 12.1 Å². The van der Waals surface area contributed by atoms with E-state index in [1.807, 2.05) is 6.07 Å². The third-order valence-electron chi connectivity index (χ3n) is 3.98. The van der Waals surface area contributed by atoms with Crippen molar-refractivity contribution in [2.75, 3.05) is 18.5 Å². The number of ether oxygens (including phenoxy) is 1. The molecule has 2 aliphatic heterocycles. The first-order valence-corrected chi connectivity index (χ1v) is 6.78. The van der Waals surface area contributed by atoms with E-state index in [0.717, 1.165) is 31.5 Å². The van der Waals surface area contributed by atoms with Gasteiger partial charge in [0.25, 0.3) is 5.69 Å². The molecule has 2 saturated heterocycles. The second-order valence-corrected chi connectivity index (χ2v) is 5.36. The fourth-order valence-corrected chi connectivity index (χ4v) is 3.11. The van der Waals surface area contributed by atoms with E-state index in [-0.39, 0.29) is 5.69 Å². The Bertz CT molecular complexity index is 510. The number of rotatable bonds is 4. The molecule has 1 aromatic rings. The van der Waals surface area contributed by atoms with E-state index in [2.05, 4.69) is 10.3 Å². The topological polar surface area (TPSA) is 93.7 Å². The van der Waals surface area contributed by atoms with Gasteiger partial charge in [-0.05, 0) is 18.4 Å². The van der Waals surface area contributed by atoms with E-state index in [1.165, 1.54) is 6.07 Å². The molecule has 2 unspecified atom stereocenters.